The van der Waals surface area contributed by atoms with Crippen molar-refractivity contribution in [1.82, 2.24) is 19.6 Å². The van der Waals surface area contributed by atoms with Gasteiger partial charge in [-0.2, -0.15) is 5.10 Å². The van der Waals surface area contributed by atoms with E-state index in [2.05, 4.69) is 89.9 Å². The van der Waals surface area contributed by atoms with Crippen molar-refractivity contribution < 1.29 is 5.11 Å². The normalized spacial score (nSPS) is 17.3. The topological polar surface area (TPSA) is 56.6 Å². The number of fused-ring (bicyclic) bond motifs is 1. The molecule has 37 heavy (non-hydrogen) atoms. The standard InChI is InChI=1S/C30H39N5OS/c1-20-16-25(21(2)31-28-8-6-7-9-29(28)37-5)24(26(17-20)30(36)33(3)4)12-14-34-15-13-27-22(18-34)19-35(32-27)23-10-11-23/h6-9,12,14,16-17,19,21,23,30-31,36H,10-11,13,15,18H2,1-5H3/b14-12+/t21-,30?/m1/s1. The zero-order valence-electron chi connectivity index (χ0n) is 22.6. The van der Waals surface area contributed by atoms with E-state index in [0.29, 0.717) is 6.04 Å². The molecule has 1 fully saturated rings. The molecule has 0 saturated heterocycles. The number of hydrogen-bond acceptors (Lipinski definition) is 6. The van der Waals surface area contributed by atoms with E-state index in [1.165, 1.54) is 34.6 Å². The highest BCUT2D eigenvalue weighted by Gasteiger charge is 2.27. The summed E-state index contributed by atoms with van der Waals surface area (Å²) in [4.78, 5) is 5.46. The first-order chi connectivity index (χ1) is 17.8. The highest BCUT2D eigenvalue weighted by molar-refractivity contribution is 7.98. The second kappa shape index (κ2) is 10.9. The van der Waals surface area contributed by atoms with Crippen LogP contribution in [-0.2, 0) is 13.0 Å². The molecule has 3 aromatic rings. The van der Waals surface area contributed by atoms with Gasteiger partial charge in [0, 0.05) is 53.5 Å². The summed E-state index contributed by atoms with van der Waals surface area (Å²) in [6.07, 6.45) is 11.6. The van der Waals surface area contributed by atoms with Gasteiger partial charge in [0.25, 0.3) is 0 Å². The highest BCUT2D eigenvalue weighted by Crippen LogP contribution is 2.36. The quantitative estimate of drug-likeness (QED) is 0.268. The van der Waals surface area contributed by atoms with E-state index >= 15 is 0 Å². The van der Waals surface area contributed by atoms with Crippen LogP contribution in [0.4, 0.5) is 5.69 Å². The Balaban J connectivity index is 1.46. The van der Waals surface area contributed by atoms with Crippen molar-refractivity contribution >= 4 is 23.5 Å². The summed E-state index contributed by atoms with van der Waals surface area (Å²) < 4.78 is 2.18. The summed E-state index contributed by atoms with van der Waals surface area (Å²) in [5.41, 5.74) is 8.05. The first-order valence-corrected chi connectivity index (χ1v) is 14.4. The third-order valence-corrected chi connectivity index (χ3v) is 8.17. The molecule has 2 aliphatic rings. The molecule has 1 unspecified atom stereocenters. The number of benzene rings is 2. The monoisotopic (exact) mass is 517 g/mol. The van der Waals surface area contributed by atoms with Gasteiger partial charge in [-0.1, -0.05) is 29.8 Å². The van der Waals surface area contributed by atoms with Gasteiger partial charge in [0.05, 0.1) is 11.7 Å². The van der Waals surface area contributed by atoms with E-state index in [1.807, 2.05) is 19.0 Å². The van der Waals surface area contributed by atoms with Crippen LogP contribution in [0.25, 0.3) is 6.08 Å². The molecule has 0 radical (unpaired) electrons. The van der Waals surface area contributed by atoms with Crippen LogP contribution in [0.15, 0.2) is 53.7 Å². The fourth-order valence-corrected chi connectivity index (χ4v) is 5.72. The van der Waals surface area contributed by atoms with E-state index in [4.69, 9.17) is 5.10 Å². The van der Waals surface area contributed by atoms with Gasteiger partial charge in [-0.3, -0.25) is 9.58 Å². The van der Waals surface area contributed by atoms with Gasteiger partial charge in [0.2, 0.25) is 0 Å². The fraction of sp³-hybridized carbons (Fsp3) is 0.433. The molecule has 0 spiro atoms. The molecule has 2 heterocycles. The lowest BCUT2D eigenvalue weighted by atomic mass is 9.92. The third kappa shape index (κ3) is 5.74. The number of anilines is 1. The highest BCUT2D eigenvalue weighted by atomic mass is 32.2. The van der Waals surface area contributed by atoms with Crippen LogP contribution in [-0.4, -0.2) is 51.6 Å². The predicted molar refractivity (Wildman–Crippen MR) is 154 cm³/mol. The van der Waals surface area contributed by atoms with Gasteiger partial charge >= 0.3 is 0 Å². The zero-order chi connectivity index (χ0) is 26.1. The van der Waals surface area contributed by atoms with Crippen LogP contribution in [0, 0.1) is 6.92 Å². The van der Waals surface area contributed by atoms with Crippen molar-refractivity contribution in [3.05, 3.63) is 82.3 Å². The minimum Gasteiger partial charge on any atom is -0.378 e. The van der Waals surface area contributed by atoms with Crippen molar-refractivity contribution in [2.24, 2.45) is 0 Å². The summed E-state index contributed by atoms with van der Waals surface area (Å²) in [6, 6.07) is 13.5. The first kappa shape index (κ1) is 25.9. The number of aromatic nitrogens is 2. The van der Waals surface area contributed by atoms with Crippen LogP contribution in [0.5, 0.6) is 0 Å². The van der Waals surface area contributed by atoms with E-state index in [-0.39, 0.29) is 6.04 Å². The van der Waals surface area contributed by atoms with Gasteiger partial charge in [0.15, 0.2) is 0 Å². The maximum Gasteiger partial charge on any atom is 0.133 e. The molecule has 2 atom stereocenters. The van der Waals surface area contributed by atoms with E-state index in [0.717, 1.165) is 41.9 Å². The maximum absolute atomic E-state index is 11.2. The Morgan fingerprint density at radius 3 is 2.68 bits per heavy atom. The van der Waals surface area contributed by atoms with Crippen molar-refractivity contribution in [3.8, 4) is 0 Å². The van der Waals surface area contributed by atoms with Crippen molar-refractivity contribution in [2.45, 2.75) is 62.9 Å². The SMILES string of the molecule is CSc1ccccc1N[C@H](C)c1cc(C)cc(C(O)N(C)C)c1/C=C/N1CCc2nn(C3CC3)cc2C1. The first-order valence-electron chi connectivity index (χ1n) is 13.2. The van der Waals surface area contributed by atoms with Crippen molar-refractivity contribution in [2.75, 3.05) is 32.2 Å². The number of aryl methyl sites for hydroxylation is 1. The molecule has 2 aromatic carbocycles. The van der Waals surface area contributed by atoms with Crippen molar-refractivity contribution in [3.63, 3.8) is 0 Å². The molecule has 0 bridgehead atoms. The van der Waals surface area contributed by atoms with E-state index < -0.39 is 6.23 Å². The van der Waals surface area contributed by atoms with Gasteiger partial charge in [-0.25, -0.2) is 0 Å². The van der Waals surface area contributed by atoms with Gasteiger partial charge in [-0.05, 0) is 82.6 Å². The van der Waals surface area contributed by atoms with Gasteiger partial charge in [0.1, 0.15) is 6.23 Å². The molecule has 5 rings (SSSR count). The largest absolute Gasteiger partial charge is 0.378 e. The Bertz CT molecular complexity index is 1280. The van der Waals surface area contributed by atoms with Crippen LogP contribution in [0.2, 0.25) is 0 Å². The summed E-state index contributed by atoms with van der Waals surface area (Å²) >= 11 is 1.75. The van der Waals surface area contributed by atoms with E-state index in [1.54, 1.807) is 11.8 Å². The predicted octanol–water partition coefficient (Wildman–Crippen LogP) is 6.00. The lowest BCUT2D eigenvalue weighted by Gasteiger charge is -2.28. The molecular formula is C30H39N5OS. The van der Waals surface area contributed by atoms with Gasteiger partial charge in [-0.15, -0.1) is 11.8 Å². The Labute approximate surface area is 225 Å². The molecule has 0 amide bonds. The minimum absolute atomic E-state index is 0.0608. The van der Waals surface area contributed by atoms with Crippen molar-refractivity contribution in [1.29, 1.82) is 0 Å². The Kier molecular flexibility index (Phi) is 7.65. The van der Waals surface area contributed by atoms with Crippen LogP contribution in [0.1, 0.15) is 71.6 Å². The molecule has 1 aliphatic heterocycles. The summed E-state index contributed by atoms with van der Waals surface area (Å²) in [6.45, 7) is 6.14. The molecule has 1 aromatic heterocycles. The number of aliphatic hydroxyl groups excluding tert-OH is 1. The van der Waals surface area contributed by atoms with E-state index in [9.17, 15) is 5.11 Å². The lowest BCUT2D eigenvalue weighted by Crippen LogP contribution is -2.25. The second-order valence-corrected chi connectivity index (χ2v) is 11.5. The fourth-order valence-electron chi connectivity index (χ4n) is 5.16. The average Bonchev–Trinajstić information content (AvgIpc) is 3.66. The number of nitrogens with one attached hydrogen (secondary N) is 1. The smallest absolute Gasteiger partial charge is 0.133 e. The number of hydrogen-bond donors (Lipinski definition) is 2. The zero-order valence-corrected chi connectivity index (χ0v) is 23.4. The molecule has 6 nitrogen and oxygen atoms in total. The molecule has 196 valence electrons. The molecule has 1 aliphatic carbocycles. The second-order valence-electron chi connectivity index (χ2n) is 10.6. The molecule has 7 heteroatoms. The Morgan fingerprint density at radius 2 is 1.95 bits per heavy atom. The van der Waals surface area contributed by atoms with Crippen LogP contribution < -0.4 is 5.32 Å². The van der Waals surface area contributed by atoms with Crippen LogP contribution >= 0.6 is 11.8 Å². The number of rotatable bonds is 9. The number of aliphatic hydroxyl groups is 1. The average molecular weight is 518 g/mol. The molecule has 1 saturated carbocycles. The lowest BCUT2D eigenvalue weighted by molar-refractivity contribution is 0.0392. The number of thioether (sulfide) groups is 1. The third-order valence-electron chi connectivity index (χ3n) is 7.38. The molecule has 2 N–H and O–H groups in total. The Hall–Kier alpha value is -2.74. The number of nitrogens with zero attached hydrogens (tertiary/aromatic N) is 4. The summed E-state index contributed by atoms with van der Waals surface area (Å²) in [5, 5.41) is 19.7. The minimum atomic E-state index is -0.686. The number of para-hydroxylation sites is 1. The Morgan fingerprint density at radius 1 is 1.19 bits per heavy atom. The van der Waals surface area contributed by atoms with Crippen LogP contribution in [0.3, 0.4) is 0 Å². The molecular weight excluding hydrogens is 478 g/mol. The summed E-state index contributed by atoms with van der Waals surface area (Å²) in [7, 11) is 3.83. The maximum atomic E-state index is 11.2. The van der Waals surface area contributed by atoms with Gasteiger partial charge < -0.3 is 15.3 Å². The summed E-state index contributed by atoms with van der Waals surface area (Å²) in [5.74, 6) is 0.